The summed E-state index contributed by atoms with van der Waals surface area (Å²) in [5.41, 5.74) is -0.503. The quantitative estimate of drug-likeness (QED) is 0.343. The summed E-state index contributed by atoms with van der Waals surface area (Å²) in [7, 11) is 0. The molecule has 0 aliphatic carbocycles. The molecule has 1 heterocycles. The van der Waals surface area contributed by atoms with Gasteiger partial charge in [0.05, 0.1) is 18.1 Å². The van der Waals surface area contributed by atoms with Crippen LogP contribution >= 0.6 is 11.8 Å². The van der Waals surface area contributed by atoms with Gasteiger partial charge in [0, 0.05) is 24.1 Å². The van der Waals surface area contributed by atoms with Crippen molar-refractivity contribution in [2.24, 2.45) is 0 Å². The van der Waals surface area contributed by atoms with Crippen LogP contribution in [0.1, 0.15) is 17.3 Å². The van der Waals surface area contributed by atoms with Crippen molar-refractivity contribution in [2.45, 2.75) is 17.9 Å². The highest BCUT2D eigenvalue weighted by Gasteiger charge is 2.28. The number of carbonyl (C=O) groups is 2. The minimum atomic E-state index is -1.02. The van der Waals surface area contributed by atoms with Crippen molar-refractivity contribution in [3.05, 3.63) is 33.9 Å². The normalized spacial score (nSPS) is 15.7. The summed E-state index contributed by atoms with van der Waals surface area (Å²) in [5, 5.41) is 11.1. The molecule has 0 spiro atoms. The number of amides is 1. The molecule has 0 aromatic heterocycles. The summed E-state index contributed by atoms with van der Waals surface area (Å²) in [5.74, 6) is -1.22. The Morgan fingerprint density at radius 2 is 2.04 bits per heavy atom. The Bertz CT molecular complexity index is 645. The van der Waals surface area contributed by atoms with Crippen LogP contribution in [0.5, 0.6) is 0 Å². The van der Waals surface area contributed by atoms with Gasteiger partial charge in [-0.3, -0.25) is 14.9 Å². The zero-order chi connectivity index (χ0) is 17.7. The number of carbonyl (C=O) groups excluding carboxylic acids is 2. The van der Waals surface area contributed by atoms with Gasteiger partial charge in [0.2, 0.25) is 0 Å². The fraction of sp³-hybridized carbons (Fsp3) is 0.467. The Balaban J connectivity index is 2.13. The van der Waals surface area contributed by atoms with E-state index in [-0.39, 0.29) is 17.2 Å². The number of nitrogens with zero attached hydrogens (tertiary/aromatic N) is 2. The molecule has 0 bridgehead atoms. The molecule has 0 N–H and O–H groups in total. The van der Waals surface area contributed by atoms with Gasteiger partial charge in [-0.15, -0.1) is 11.8 Å². The number of nitro groups is 1. The summed E-state index contributed by atoms with van der Waals surface area (Å²) < 4.78 is 10.3. The lowest BCUT2D eigenvalue weighted by Crippen LogP contribution is -2.46. The molecular formula is C15H18N2O6S. The van der Waals surface area contributed by atoms with E-state index in [0.717, 1.165) is 0 Å². The van der Waals surface area contributed by atoms with E-state index in [0.29, 0.717) is 31.2 Å². The fourth-order valence-corrected chi connectivity index (χ4v) is 2.72. The predicted octanol–water partition coefficient (Wildman–Crippen LogP) is 1.72. The smallest absolute Gasteiger partial charge is 0.345 e. The molecule has 24 heavy (non-hydrogen) atoms. The molecular weight excluding hydrogens is 336 g/mol. The van der Waals surface area contributed by atoms with E-state index >= 15 is 0 Å². The molecule has 1 aromatic rings. The van der Waals surface area contributed by atoms with Crippen LogP contribution in [0.3, 0.4) is 0 Å². The van der Waals surface area contributed by atoms with E-state index in [1.54, 1.807) is 17.2 Å². The van der Waals surface area contributed by atoms with Gasteiger partial charge < -0.3 is 14.4 Å². The second-order valence-electron chi connectivity index (χ2n) is 5.13. The Labute approximate surface area is 143 Å². The van der Waals surface area contributed by atoms with Gasteiger partial charge in [-0.2, -0.15) is 0 Å². The first-order valence-corrected chi connectivity index (χ1v) is 8.56. The van der Waals surface area contributed by atoms with Crippen molar-refractivity contribution in [1.82, 2.24) is 4.90 Å². The van der Waals surface area contributed by atoms with Crippen molar-refractivity contribution in [1.29, 1.82) is 0 Å². The summed E-state index contributed by atoms with van der Waals surface area (Å²) in [4.78, 5) is 37.3. The second-order valence-corrected chi connectivity index (χ2v) is 6.01. The Morgan fingerprint density at radius 3 is 2.62 bits per heavy atom. The zero-order valence-electron chi connectivity index (χ0n) is 13.4. The molecule has 0 saturated carbocycles. The van der Waals surface area contributed by atoms with Crippen LogP contribution in [-0.4, -0.2) is 60.4 Å². The van der Waals surface area contributed by atoms with Crippen LogP contribution < -0.4 is 0 Å². The number of nitro benzene ring substituents is 1. The molecule has 9 heteroatoms. The van der Waals surface area contributed by atoms with Crippen LogP contribution in [0.4, 0.5) is 5.69 Å². The molecule has 1 aliphatic rings. The van der Waals surface area contributed by atoms with Gasteiger partial charge in [-0.25, -0.2) is 4.79 Å². The van der Waals surface area contributed by atoms with E-state index in [2.05, 4.69) is 0 Å². The molecule has 130 valence electrons. The van der Waals surface area contributed by atoms with Crippen molar-refractivity contribution < 1.29 is 24.0 Å². The summed E-state index contributed by atoms with van der Waals surface area (Å²) in [6.07, 6.45) is 0.772. The lowest BCUT2D eigenvalue weighted by atomic mass is 10.2. The number of ether oxygens (including phenoxy) is 2. The number of rotatable bonds is 5. The first-order valence-electron chi connectivity index (χ1n) is 7.34. The van der Waals surface area contributed by atoms with Gasteiger partial charge in [0.1, 0.15) is 5.56 Å². The predicted molar refractivity (Wildman–Crippen MR) is 87.2 cm³/mol. The summed E-state index contributed by atoms with van der Waals surface area (Å²) in [6.45, 7) is 3.20. The number of hydrogen-bond donors (Lipinski definition) is 0. The van der Waals surface area contributed by atoms with E-state index in [9.17, 15) is 19.7 Å². The maximum Gasteiger partial charge on any atom is 0.345 e. The molecule has 2 rings (SSSR count). The molecule has 1 aromatic carbocycles. The largest absolute Gasteiger partial charge is 0.449 e. The number of esters is 1. The van der Waals surface area contributed by atoms with Crippen LogP contribution in [0.15, 0.2) is 23.1 Å². The summed E-state index contributed by atoms with van der Waals surface area (Å²) >= 11 is 1.35. The molecule has 1 fully saturated rings. The van der Waals surface area contributed by atoms with Gasteiger partial charge in [0.25, 0.3) is 11.6 Å². The maximum absolute atomic E-state index is 12.3. The number of morpholine rings is 1. The average Bonchev–Trinajstić information content (AvgIpc) is 2.60. The molecule has 8 nitrogen and oxygen atoms in total. The third-order valence-electron chi connectivity index (χ3n) is 3.57. The topological polar surface area (TPSA) is 99.0 Å². The van der Waals surface area contributed by atoms with Crippen LogP contribution in [0, 0.1) is 10.1 Å². The van der Waals surface area contributed by atoms with Crippen LogP contribution in [-0.2, 0) is 14.3 Å². The lowest BCUT2D eigenvalue weighted by molar-refractivity contribution is -0.385. The SMILES string of the molecule is CSc1ccc([N+](=O)[O-])c(C(=O)O[C@@H](C)C(=O)N2CCOCC2)c1. The van der Waals surface area contributed by atoms with E-state index in [1.807, 2.05) is 0 Å². The summed E-state index contributed by atoms with van der Waals surface area (Å²) in [6, 6.07) is 4.22. The first kappa shape index (κ1) is 18.2. The third-order valence-corrected chi connectivity index (χ3v) is 4.30. The highest BCUT2D eigenvalue weighted by molar-refractivity contribution is 7.98. The van der Waals surface area contributed by atoms with Crippen molar-refractivity contribution >= 4 is 29.3 Å². The van der Waals surface area contributed by atoms with E-state index in [4.69, 9.17) is 9.47 Å². The Kier molecular flexibility index (Phi) is 6.16. The number of thioether (sulfide) groups is 1. The van der Waals surface area contributed by atoms with Gasteiger partial charge in [-0.05, 0) is 25.3 Å². The van der Waals surface area contributed by atoms with Crippen LogP contribution in [0.25, 0.3) is 0 Å². The fourth-order valence-electron chi connectivity index (χ4n) is 2.28. The second kappa shape index (κ2) is 8.11. The molecule has 0 radical (unpaired) electrons. The maximum atomic E-state index is 12.3. The molecule has 1 atom stereocenters. The lowest BCUT2D eigenvalue weighted by Gasteiger charge is -2.28. The molecule has 1 saturated heterocycles. The molecule has 1 aliphatic heterocycles. The third kappa shape index (κ3) is 4.24. The van der Waals surface area contributed by atoms with Crippen LogP contribution in [0.2, 0.25) is 0 Å². The molecule has 1 amide bonds. The van der Waals surface area contributed by atoms with Gasteiger partial charge in [-0.1, -0.05) is 0 Å². The monoisotopic (exact) mass is 354 g/mol. The highest BCUT2D eigenvalue weighted by Crippen LogP contribution is 2.25. The minimum absolute atomic E-state index is 0.159. The van der Waals surface area contributed by atoms with Gasteiger partial charge in [0.15, 0.2) is 6.10 Å². The Hall–Kier alpha value is -2.13. The van der Waals surface area contributed by atoms with Crippen molar-refractivity contribution in [3.63, 3.8) is 0 Å². The Morgan fingerprint density at radius 1 is 1.38 bits per heavy atom. The standard InChI is InChI=1S/C15H18N2O6S/c1-10(14(18)16-5-7-22-8-6-16)23-15(19)12-9-11(24-2)3-4-13(12)17(20)21/h3-4,9-10H,5-8H2,1-2H3/t10-/m0/s1. The van der Waals surface area contributed by atoms with E-state index in [1.165, 1.54) is 30.8 Å². The molecule has 0 unspecified atom stereocenters. The van der Waals surface area contributed by atoms with E-state index < -0.39 is 17.0 Å². The van der Waals surface area contributed by atoms with Crippen molar-refractivity contribution in [3.8, 4) is 0 Å². The average molecular weight is 354 g/mol. The first-order chi connectivity index (χ1) is 11.4. The number of hydrogen-bond acceptors (Lipinski definition) is 7. The van der Waals surface area contributed by atoms with Crippen molar-refractivity contribution in [2.75, 3.05) is 32.6 Å². The minimum Gasteiger partial charge on any atom is -0.449 e. The van der Waals surface area contributed by atoms with Gasteiger partial charge >= 0.3 is 5.97 Å². The number of benzene rings is 1. The highest BCUT2D eigenvalue weighted by atomic mass is 32.2. The zero-order valence-corrected chi connectivity index (χ0v) is 14.2.